The lowest BCUT2D eigenvalue weighted by Crippen LogP contribution is -2.38. The van der Waals surface area contributed by atoms with Crippen molar-refractivity contribution in [3.63, 3.8) is 0 Å². The van der Waals surface area contributed by atoms with Gasteiger partial charge in [-0.05, 0) is 72.8 Å². The average molecular weight is 954 g/mol. The van der Waals surface area contributed by atoms with Crippen molar-refractivity contribution in [1.29, 1.82) is 5.26 Å². The molecule has 0 radical (unpaired) electrons. The number of amides is 2. The molecule has 0 spiro atoms. The van der Waals surface area contributed by atoms with E-state index in [4.69, 9.17) is 14.9 Å². The van der Waals surface area contributed by atoms with Crippen molar-refractivity contribution in [2.75, 3.05) is 50.0 Å². The molecule has 346 valence electrons. The molecular weight excluding hydrogens is 916 g/mol. The third-order valence-electron chi connectivity index (χ3n) is 9.36. The molecule has 24 heteroatoms. The maximum absolute atomic E-state index is 13.1. The van der Waals surface area contributed by atoms with E-state index in [0.717, 1.165) is 51.1 Å². The predicted octanol–water partition coefficient (Wildman–Crippen LogP) is 7.01. The van der Waals surface area contributed by atoms with Crippen LogP contribution in [0.25, 0.3) is 0 Å². The number of oxime groups is 2. The van der Waals surface area contributed by atoms with Gasteiger partial charge in [0.15, 0.2) is 13.2 Å². The first-order chi connectivity index (χ1) is 30.6. The zero-order chi connectivity index (χ0) is 47.4. The van der Waals surface area contributed by atoms with Crippen LogP contribution in [0.1, 0.15) is 42.4 Å². The Hall–Kier alpha value is -6.42. The second-order valence-electron chi connectivity index (χ2n) is 14.0. The normalized spacial score (nSPS) is 15.1. The first-order valence-electron chi connectivity index (χ1n) is 19.2. The highest BCUT2D eigenvalue weighted by Gasteiger charge is 2.35. The van der Waals surface area contributed by atoms with E-state index < -0.39 is 77.6 Å². The zero-order valence-corrected chi connectivity index (χ0v) is 35.4. The Kier molecular flexibility index (Phi) is 16.4. The van der Waals surface area contributed by atoms with Gasteiger partial charge in [-0.3, -0.25) is 9.59 Å². The van der Waals surface area contributed by atoms with E-state index in [9.17, 15) is 57.2 Å². The molecular formula is C41H38F7N7O8S2. The number of hydrogen-bond acceptors (Lipinski definition) is 11. The number of carbonyl (C=O) groups excluding carboxylic acids is 2. The van der Waals surface area contributed by atoms with Crippen LogP contribution in [0, 0.1) is 17.1 Å². The van der Waals surface area contributed by atoms with Crippen molar-refractivity contribution >= 4 is 54.7 Å². The van der Waals surface area contributed by atoms with Gasteiger partial charge in [-0.15, -0.1) is 0 Å². The lowest BCUT2D eigenvalue weighted by Gasteiger charge is -2.26. The van der Waals surface area contributed by atoms with Crippen LogP contribution in [-0.2, 0) is 51.7 Å². The zero-order valence-electron chi connectivity index (χ0n) is 33.8. The van der Waals surface area contributed by atoms with E-state index in [1.54, 1.807) is 18.2 Å². The van der Waals surface area contributed by atoms with E-state index in [1.165, 1.54) is 24.3 Å². The highest BCUT2D eigenvalue weighted by molar-refractivity contribution is 7.89. The molecule has 2 fully saturated rings. The molecule has 6 rings (SSSR count). The van der Waals surface area contributed by atoms with Gasteiger partial charge < -0.3 is 20.3 Å². The molecule has 0 unspecified atom stereocenters. The summed E-state index contributed by atoms with van der Waals surface area (Å²) in [7, 11) is -8.19. The Bertz CT molecular complexity index is 2670. The first-order valence-corrected chi connectivity index (χ1v) is 22.1. The van der Waals surface area contributed by atoms with E-state index in [1.807, 2.05) is 6.07 Å². The number of anilines is 2. The fourth-order valence-corrected chi connectivity index (χ4v) is 9.08. The Labute approximate surface area is 368 Å². The fraction of sp³-hybridized carbons (Fsp3) is 0.293. The van der Waals surface area contributed by atoms with E-state index in [2.05, 4.69) is 20.9 Å². The minimum Gasteiger partial charge on any atom is -0.386 e. The highest BCUT2D eigenvalue weighted by Crippen LogP contribution is 2.33. The van der Waals surface area contributed by atoms with Crippen molar-refractivity contribution in [3.8, 4) is 6.07 Å². The smallest absolute Gasteiger partial charge is 0.386 e. The van der Waals surface area contributed by atoms with Crippen LogP contribution in [0.15, 0.2) is 117 Å². The minimum atomic E-state index is -4.65. The number of benzene rings is 4. The maximum Gasteiger partial charge on any atom is 0.416 e. The second kappa shape index (κ2) is 21.5. The van der Waals surface area contributed by atoms with Crippen molar-refractivity contribution in [3.05, 3.63) is 120 Å². The summed E-state index contributed by atoms with van der Waals surface area (Å²) in [6.07, 6.45) is -8.47. The number of alkyl halides is 6. The predicted molar refractivity (Wildman–Crippen MR) is 220 cm³/mol. The third kappa shape index (κ3) is 14.3. The average Bonchev–Trinajstić information content (AvgIpc) is 3.26. The largest absolute Gasteiger partial charge is 0.416 e. The molecule has 2 amide bonds. The Morgan fingerprint density at radius 3 is 1.42 bits per heavy atom. The van der Waals surface area contributed by atoms with Crippen LogP contribution < -0.4 is 10.6 Å². The molecule has 0 atom stereocenters. The molecule has 0 aliphatic carbocycles. The number of rotatable bonds is 12. The second-order valence-corrected chi connectivity index (χ2v) is 17.9. The van der Waals surface area contributed by atoms with Crippen LogP contribution in [-0.4, -0.2) is 88.1 Å². The van der Waals surface area contributed by atoms with Gasteiger partial charge in [0.2, 0.25) is 20.0 Å². The number of piperidine rings is 2. The molecule has 15 nitrogen and oxygen atoms in total. The van der Waals surface area contributed by atoms with Crippen LogP contribution in [0.5, 0.6) is 0 Å². The summed E-state index contributed by atoms with van der Waals surface area (Å²) in [5, 5.41) is 21.6. The molecule has 0 aromatic heterocycles. The third-order valence-corrected chi connectivity index (χ3v) is 13.1. The standard InChI is InChI=1S/C21H19F3N4O4S.C20H19F4N3O4S/c22-21(23,24)16-4-2-6-19(12-16)33(30,31)28-9-7-17(8-10-28)27-32-14-20(29)26-18-5-1-3-15(11-18)13-25;21-15-4-2-5-17(12-15)25-19(28)13-31-26-16-7-9-27(10-8-16)32(29,30)18-6-1-3-14(11-18)20(22,23)24/h1-6,11-12H,7-10,14H2,(H,26,29);1-6,11-12H,7-10,13H2,(H,25,28). The van der Waals surface area contributed by atoms with Gasteiger partial charge in [-0.2, -0.15) is 40.2 Å². The monoisotopic (exact) mass is 953 g/mol. The van der Waals surface area contributed by atoms with Gasteiger partial charge in [0.1, 0.15) is 5.82 Å². The van der Waals surface area contributed by atoms with Gasteiger partial charge in [-0.25, -0.2) is 21.2 Å². The van der Waals surface area contributed by atoms with Gasteiger partial charge in [0.05, 0.1) is 44.0 Å². The van der Waals surface area contributed by atoms with Gasteiger partial charge in [0, 0.05) is 63.2 Å². The van der Waals surface area contributed by atoms with E-state index >= 15 is 0 Å². The Morgan fingerprint density at radius 1 is 0.615 bits per heavy atom. The van der Waals surface area contributed by atoms with Crippen molar-refractivity contribution < 1.29 is 66.8 Å². The quantitative estimate of drug-likeness (QED) is 0.111. The molecule has 2 saturated heterocycles. The number of sulfonamides is 2. The number of nitriles is 1. The summed E-state index contributed by atoms with van der Waals surface area (Å²) in [6, 6.07) is 20.8. The summed E-state index contributed by atoms with van der Waals surface area (Å²) in [5.74, 6) is -1.54. The number of halogens is 7. The summed E-state index contributed by atoms with van der Waals surface area (Å²) in [4.78, 5) is 32.9. The molecule has 2 heterocycles. The highest BCUT2D eigenvalue weighted by atomic mass is 32.2. The van der Waals surface area contributed by atoms with Crippen LogP contribution in [0.4, 0.5) is 42.1 Å². The van der Waals surface area contributed by atoms with Gasteiger partial charge >= 0.3 is 12.4 Å². The van der Waals surface area contributed by atoms with Crippen molar-refractivity contribution in [2.24, 2.45) is 10.3 Å². The van der Waals surface area contributed by atoms with Crippen LogP contribution in [0.2, 0.25) is 0 Å². The van der Waals surface area contributed by atoms with Crippen molar-refractivity contribution in [2.45, 2.75) is 47.8 Å². The Morgan fingerprint density at radius 2 is 1.02 bits per heavy atom. The Balaban J connectivity index is 0.000000244. The molecule has 0 saturated carbocycles. The summed E-state index contributed by atoms with van der Waals surface area (Å²) < 4.78 is 143. The molecule has 4 aromatic carbocycles. The molecule has 4 aromatic rings. The summed E-state index contributed by atoms with van der Waals surface area (Å²) in [6.45, 7) is -0.743. The number of hydrogen-bond donors (Lipinski definition) is 2. The topological polar surface area (TPSA) is 200 Å². The van der Waals surface area contributed by atoms with Gasteiger partial charge in [0.25, 0.3) is 11.8 Å². The lowest BCUT2D eigenvalue weighted by atomic mass is 10.1. The van der Waals surface area contributed by atoms with E-state index in [0.29, 0.717) is 34.8 Å². The maximum atomic E-state index is 13.1. The molecule has 2 aliphatic heterocycles. The fourth-order valence-electron chi connectivity index (χ4n) is 6.11. The van der Waals surface area contributed by atoms with Gasteiger partial charge in [-0.1, -0.05) is 34.6 Å². The van der Waals surface area contributed by atoms with Crippen LogP contribution in [0.3, 0.4) is 0 Å². The number of carbonyl (C=O) groups is 2. The number of nitrogens with one attached hydrogen (secondary N) is 2. The molecule has 65 heavy (non-hydrogen) atoms. The molecule has 2 aliphatic rings. The number of nitrogens with zero attached hydrogens (tertiary/aromatic N) is 5. The SMILES string of the molecule is N#Cc1cccc(NC(=O)CON=C2CCN(S(=O)(=O)c3cccc(C(F)(F)F)c3)CC2)c1.O=C(CON=C1CCN(S(=O)(=O)c2cccc(C(F)(F)F)c2)CC1)Nc1cccc(F)c1. The summed E-state index contributed by atoms with van der Waals surface area (Å²) in [5.41, 5.74) is 0.0593. The van der Waals surface area contributed by atoms with Crippen LogP contribution >= 0.6 is 0 Å². The molecule has 0 bridgehead atoms. The lowest BCUT2D eigenvalue weighted by molar-refractivity contribution is -0.138. The van der Waals surface area contributed by atoms with Crippen molar-refractivity contribution in [1.82, 2.24) is 8.61 Å². The minimum absolute atomic E-state index is 0.0102. The first kappa shape index (κ1) is 49.6. The van der Waals surface area contributed by atoms with E-state index in [-0.39, 0.29) is 64.2 Å². The summed E-state index contributed by atoms with van der Waals surface area (Å²) >= 11 is 0. The molecule has 2 N–H and O–H groups in total.